The first-order valence-corrected chi connectivity index (χ1v) is 7.48. The highest BCUT2D eigenvalue weighted by atomic mass is 32.2. The minimum Gasteiger partial charge on any atom is -0.480 e. The van der Waals surface area contributed by atoms with Crippen LogP contribution in [0.25, 0.3) is 0 Å². The van der Waals surface area contributed by atoms with Crippen LogP contribution in [0.1, 0.15) is 19.3 Å². The third-order valence-corrected chi connectivity index (χ3v) is 4.33. The van der Waals surface area contributed by atoms with Gasteiger partial charge in [0.25, 0.3) is 0 Å². The summed E-state index contributed by atoms with van der Waals surface area (Å²) in [5.74, 6) is -1.51. The summed E-state index contributed by atoms with van der Waals surface area (Å²) in [5, 5.41) is 9.13. The number of aliphatic carboxylic acids is 1. The van der Waals surface area contributed by atoms with E-state index < -0.39 is 12.0 Å². The van der Waals surface area contributed by atoms with E-state index in [1.807, 2.05) is 0 Å². The van der Waals surface area contributed by atoms with Crippen molar-refractivity contribution in [1.82, 2.24) is 4.90 Å². The van der Waals surface area contributed by atoms with Crippen molar-refractivity contribution < 1.29 is 19.1 Å². The Kier molecular flexibility index (Phi) is 5.00. The van der Waals surface area contributed by atoms with Crippen molar-refractivity contribution in [3.05, 3.63) is 30.1 Å². The molecule has 1 saturated heterocycles. The highest BCUT2D eigenvalue weighted by Gasteiger charge is 2.31. The molecule has 0 saturated carbocycles. The molecular weight excluding hydrogens is 281 g/mol. The van der Waals surface area contributed by atoms with E-state index in [4.69, 9.17) is 5.11 Å². The Morgan fingerprint density at radius 2 is 2.10 bits per heavy atom. The van der Waals surface area contributed by atoms with Gasteiger partial charge in [-0.2, -0.15) is 0 Å². The van der Waals surface area contributed by atoms with Crippen molar-refractivity contribution in [3.63, 3.8) is 0 Å². The van der Waals surface area contributed by atoms with E-state index in [0.717, 1.165) is 24.6 Å². The van der Waals surface area contributed by atoms with Gasteiger partial charge in [-0.1, -0.05) is 12.1 Å². The van der Waals surface area contributed by atoms with Crippen molar-refractivity contribution in [3.8, 4) is 0 Å². The van der Waals surface area contributed by atoms with Crippen LogP contribution in [0.15, 0.2) is 29.2 Å². The van der Waals surface area contributed by atoms with Crippen LogP contribution < -0.4 is 0 Å². The normalized spacial score (nSPS) is 18.9. The number of piperidine rings is 1. The molecule has 6 heteroatoms. The lowest BCUT2D eigenvalue weighted by Gasteiger charge is -2.32. The molecule has 1 fully saturated rings. The van der Waals surface area contributed by atoms with Crippen LogP contribution in [-0.4, -0.2) is 40.2 Å². The number of carboxylic acids is 1. The van der Waals surface area contributed by atoms with E-state index in [9.17, 15) is 14.0 Å². The molecule has 20 heavy (non-hydrogen) atoms. The third kappa shape index (κ3) is 3.50. The molecule has 0 bridgehead atoms. The van der Waals surface area contributed by atoms with Gasteiger partial charge in [0.1, 0.15) is 11.9 Å². The van der Waals surface area contributed by atoms with Gasteiger partial charge in [-0.05, 0) is 31.4 Å². The molecule has 108 valence electrons. The minimum absolute atomic E-state index is 0.0602. The lowest BCUT2D eigenvalue weighted by Crippen LogP contribution is -2.48. The summed E-state index contributed by atoms with van der Waals surface area (Å²) in [6.07, 6.45) is 2.13. The summed E-state index contributed by atoms with van der Waals surface area (Å²) in [6, 6.07) is 5.51. The fraction of sp³-hybridized carbons (Fsp3) is 0.429. The van der Waals surface area contributed by atoms with Crippen LogP contribution in [0.2, 0.25) is 0 Å². The third-order valence-electron chi connectivity index (χ3n) is 3.30. The molecule has 2 rings (SSSR count). The molecular formula is C14H16FNO3S. The summed E-state index contributed by atoms with van der Waals surface area (Å²) in [5.41, 5.74) is 0. The van der Waals surface area contributed by atoms with Crippen molar-refractivity contribution in [2.75, 3.05) is 12.3 Å². The second-order valence-corrected chi connectivity index (χ2v) is 5.67. The number of likely N-dealkylation sites (tertiary alicyclic amines) is 1. The second kappa shape index (κ2) is 6.74. The second-order valence-electron chi connectivity index (χ2n) is 4.66. The quantitative estimate of drug-likeness (QED) is 0.867. The number of hydrogen-bond donors (Lipinski definition) is 1. The van der Waals surface area contributed by atoms with E-state index in [1.54, 1.807) is 18.2 Å². The number of halogens is 1. The lowest BCUT2D eigenvalue weighted by atomic mass is 10.0. The van der Waals surface area contributed by atoms with Gasteiger partial charge in [-0.3, -0.25) is 4.79 Å². The summed E-state index contributed by atoms with van der Waals surface area (Å²) >= 11 is 1.10. The van der Waals surface area contributed by atoms with Crippen LogP contribution in [0.5, 0.6) is 0 Å². The molecule has 0 aromatic heterocycles. The van der Waals surface area contributed by atoms with Crippen molar-refractivity contribution >= 4 is 23.6 Å². The maximum atomic E-state index is 13.4. The molecule has 1 atom stereocenters. The number of thioether (sulfide) groups is 1. The first-order valence-electron chi connectivity index (χ1n) is 6.49. The Morgan fingerprint density at radius 3 is 2.80 bits per heavy atom. The molecule has 0 spiro atoms. The first kappa shape index (κ1) is 14.8. The van der Waals surface area contributed by atoms with Crippen LogP contribution in [0, 0.1) is 5.82 Å². The molecule has 1 aliphatic rings. The molecule has 1 aromatic rings. The molecule has 1 aliphatic heterocycles. The van der Waals surface area contributed by atoms with Gasteiger partial charge in [0.05, 0.1) is 5.75 Å². The summed E-state index contributed by atoms with van der Waals surface area (Å²) < 4.78 is 13.4. The number of benzene rings is 1. The first-order chi connectivity index (χ1) is 9.59. The fourth-order valence-corrected chi connectivity index (χ4v) is 3.10. The van der Waals surface area contributed by atoms with Gasteiger partial charge >= 0.3 is 5.97 Å². The maximum absolute atomic E-state index is 13.4. The lowest BCUT2D eigenvalue weighted by molar-refractivity contribution is -0.150. The monoisotopic (exact) mass is 297 g/mol. The minimum atomic E-state index is -0.964. The van der Waals surface area contributed by atoms with Gasteiger partial charge in [0, 0.05) is 11.4 Å². The Hall–Kier alpha value is -1.56. The molecule has 1 N–H and O–H groups in total. The Labute approximate surface area is 121 Å². The Bertz CT molecular complexity index is 509. The Balaban J connectivity index is 1.97. The van der Waals surface area contributed by atoms with Crippen LogP contribution in [-0.2, 0) is 9.59 Å². The number of carbonyl (C=O) groups is 2. The number of nitrogens with zero attached hydrogens (tertiary/aromatic N) is 1. The summed E-state index contributed by atoms with van der Waals surface area (Å²) in [6.45, 7) is 0.466. The number of carbonyl (C=O) groups excluding carboxylic acids is 1. The zero-order valence-electron chi connectivity index (χ0n) is 10.9. The van der Waals surface area contributed by atoms with Gasteiger partial charge in [0.2, 0.25) is 5.91 Å². The molecule has 4 nitrogen and oxygen atoms in total. The van der Waals surface area contributed by atoms with E-state index in [1.165, 1.54) is 11.0 Å². The largest absolute Gasteiger partial charge is 0.480 e. The average molecular weight is 297 g/mol. The van der Waals surface area contributed by atoms with Crippen LogP contribution in [0.4, 0.5) is 4.39 Å². The molecule has 0 aliphatic carbocycles. The van der Waals surface area contributed by atoms with Crippen LogP contribution in [0.3, 0.4) is 0 Å². The highest BCUT2D eigenvalue weighted by molar-refractivity contribution is 8.00. The van der Waals surface area contributed by atoms with E-state index in [-0.39, 0.29) is 17.5 Å². The number of amides is 1. The summed E-state index contributed by atoms with van der Waals surface area (Å²) in [4.78, 5) is 25.1. The number of rotatable bonds is 4. The summed E-state index contributed by atoms with van der Waals surface area (Å²) in [7, 11) is 0. The maximum Gasteiger partial charge on any atom is 0.326 e. The molecule has 1 heterocycles. The van der Waals surface area contributed by atoms with Gasteiger partial charge in [-0.25, -0.2) is 9.18 Å². The van der Waals surface area contributed by atoms with Crippen molar-refractivity contribution in [2.45, 2.75) is 30.2 Å². The highest BCUT2D eigenvalue weighted by Crippen LogP contribution is 2.23. The molecule has 1 aromatic carbocycles. The number of hydrogen-bond acceptors (Lipinski definition) is 3. The van der Waals surface area contributed by atoms with Gasteiger partial charge in [0.15, 0.2) is 0 Å². The van der Waals surface area contributed by atoms with E-state index >= 15 is 0 Å². The standard InChI is InChI=1S/C14H16FNO3S/c15-10-5-1-2-7-12(10)20-9-13(17)16-8-4-3-6-11(16)14(18)19/h1-2,5,7,11H,3-4,6,8-9H2,(H,18,19). The zero-order valence-corrected chi connectivity index (χ0v) is 11.7. The van der Waals surface area contributed by atoms with Gasteiger partial charge < -0.3 is 10.0 Å². The molecule has 1 amide bonds. The predicted octanol–water partition coefficient (Wildman–Crippen LogP) is 2.38. The van der Waals surface area contributed by atoms with Crippen LogP contribution >= 0.6 is 11.8 Å². The average Bonchev–Trinajstić information content (AvgIpc) is 2.46. The van der Waals surface area contributed by atoms with E-state index in [2.05, 4.69) is 0 Å². The van der Waals surface area contributed by atoms with Gasteiger partial charge in [-0.15, -0.1) is 11.8 Å². The smallest absolute Gasteiger partial charge is 0.326 e. The topological polar surface area (TPSA) is 57.6 Å². The zero-order chi connectivity index (χ0) is 14.5. The predicted molar refractivity (Wildman–Crippen MR) is 74.1 cm³/mol. The van der Waals surface area contributed by atoms with Crippen molar-refractivity contribution in [1.29, 1.82) is 0 Å². The number of carboxylic acid groups (broad SMARTS) is 1. The molecule has 1 unspecified atom stereocenters. The molecule has 0 radical (unpaired) electrons. The Morgan fingerprint density at radius 1 is 1.35 bits per heavy atom. The fourth-order valence-electron chi connectivity index (χ4n) is 2.27. The SMILES string of the molecule is O=C(O)C1CCCCN1C(=O)CSc1ccccc1F. The van der Waals surface area contributed by atoms with E-state index in [0.29, 0.717) is 17.9 Å². The van der Waals surface area contributed by atoms with Crippen molar-refractivity contribution in [2.24, 2.45) is 0 Å².